The molecule has 0 aliphatic carbocycles. The second-order valence-corrected chi connectivity index (χ2v) is 7.48. The van der Waals surface area contributed by atoms with Crippen molar-refractivity contribution in [2.24, 2.45) is 5.92 Å². The van der Waals surface area contributed by atoms with Crippen molar-refractivity contribution < 1.29 is 14.3 Å². The fourth-order valence-corrected chi connectivity index (χ4v) is 3.45. The van der Waals surface area contributed by atoms with Crippen LogP contribution in [0.25, 0.3) is 5.69 Å². The molecule has 1 aliphatic heterocycles. The van der Waals surface area contributed by atoms with Crippen molar-refractivity contribution >= 4 is 11.7 Å². The summed E-state index contributed by atoms with van der Waals surface area (Å²) in [5, 5.41) is 2.96. The predicted molar refractivity (Wildman–Crippen MR) is 110 cm³/mol. The van der Waals surface area contributed by atoms with Gasteiger partial charge < -0.3 is 14.8 Å². The third kappa shape index (κ3) is 3.81. The number of fused-ring (bicyclic) bond motifs is 1. The quantitative estimate of drug-likeness (QED) is 0.691. The summed E-state index contributed by atoms with van der Waals surface area (Å²) in [6.45, 7) is 4.81. The van der Waals surface area contributed by atoms with E-state index in [9.17, 15) is 4.79 Å². The molecule has 0 unspecified atom stereocenters. The number of hydrogen-bond acceptors (Lipinski definition) is 5. The summed E-state index contributed by atoms with van der Waals surface area (Å²) in [7, 11) is 1.62. The largest absolute Gasteiger partial charge is 0.493 e. The summed E-state index contributed by atoms with van der Waals surface area (Å²) in [5.74, 6) is 2.24. The highest BCUT2D eigenvalue weighted by Gasteiger charge is 2.31. The molecular formula is C22H24N4O3. The Labute approximate surface area is 169 Å². The van der Waals surface area contributed by atoms with Gasteiger partial charge in [-0.05, 0) is 35.7 Å². The number of methoxy groups -OCH3 is 1. The fraction of sp³-hybridized carbons (Fsp3) is 0.318. The molecule has 0 fully saturated rings. The zero-order valence-electron chi connectivity index (χ0n) is 16.8. The highest BCUT2D eigenvalue weighted by atomic mass is 16.5. The highest BCUT2D eigenvalue weighted by Crippen LogP contribution is 2.40. The molecule has 4 rings (SSSR count). The number of anilines is 1. The first-order valence-corrected chi connectivity index (χ1v) is 9.65. The van der Waals surface area contributed by atoms with Crippen LogP contribution in [0.1, 0.15) is 37.4 Å². The lowest BCUT2D eigenvalue weighted by atomic mass is 9.89. The topological polar surface area (TPSA) is 78.3 Å². The molecule has 7 heteroatoms. The standard InChI is InChI=1S/C22H24N4O3/c1-14(2)12-29-18-7-6-15(9-19(18)28-3)17-10-20(27)25-22-21(17)24-13-26(22)16-5-4-8-23-11-16/h4-9,11,13-14,17H,10,12H2,1-3H3,(H,25,27)/t17-/m1/s1. The van der Waals surface area contributed by atoms with Crippen LogP contribution >= 0.6 is 0 Å². The number of amides is 1. The number of benzene rings is 1. The first-order chi connectivity index (χ1) is 14.1. The zero-order chi connectivity index (χ0) is 20.4. The van der Waals surface area contributed by atoms with Gasteiger partial charge >= 0.3 is 0 Å². The fourth-order valence-electron chi connectivity index (χ4n) is 3.45. The van der Waals surface area contributed by atoms with E-state index in [0.29, 0.717) is 36.3 Å². The maximum absolute atomic E-state index is 12.5. The summed E-state index contributed by atoms with van der Waals surface area (Å²) in [4.78, 5) is 21.2. The Morgan fingerprint density at radius 1 is 1.28 bits per heavy atom. The van der Waals surface area contributed by atoms with Crippen molar-refractivity contribution in [1.82, 2.24) is 14.5 Å². The number of nitrogens with zero attached hydrogens (tertiary/aromatic N) is 3. The first kappa shape index (κ1) is 19.0. The third-order valence-electron chi connectivity index (χ3n) is 4.86. The molecule has 1 aromatic carbocycles. The second kappa shape index (κ2) is 7.95. The zero-order valence-corrected chi connectivity index (χ0v) is 16.8. The number of rotatable bonds is 6. The molecule has 0 radical (unpaired) electrons. The van der Waals surface area contributed by atoms with Crippen molar-refractivity contribution in [2.45, 2.75) is 26.2 Å². The van der Waals surface area contributed by atoms with Gasteiger partial charge in [0.15, 0.2) is 11.5 Å². The number of imidazole rings is 1. The Bertz CT molecular complexity index is 1010. The van der Waals surface area contributed by atoms with Gasteiger partial charge in [-0.15, -0.1) is 0 Å². The van der Waals surface area contributed by atoms with E-state index in [1.807, 2.05) is 34.9 Å². The maximum atomic E-state index is 12.5. The summed E-state index contributed by atoms with van der Waals surface area (Å²) >= 11 is 0. The van der Waals surface area contributed by atoms with Crippen LogP contribution in [0.3, 0.4) is 0 Å². The van der Waals surface area contributed by atoms with Crippen LogP contribution in [0.2, 0.25) is 0 Å². The second-order valence-electron chi connectivity index (χ2n) is 7.48. The van der Waals surface area contributed by atoms with Gasteiger partial charge in [0.1, 0.15) is 12.1 Å². The molecule has 1 N–H and O–H groups in total. The Kier molecular flexibility index (Phi) is 5.20. The highest BCUT2D eigenvalue weighted by molar-refractivity contribution is 5.94. The van der Waals surface area contributed by atoms with Gasteiger partial charge in [-0.2, -0.15) is 0 Å². The molecule has 0 saturated carbocycles. The number of nitrogens with one attached hydrogen (secondary N) is 1. The van der Waals surface area contributed by atoms with Crippen molar-refractivity contribution in [1.29, 1.82) is 0 Å². The SMILES string of the molecule is COc1cc([C@H]2CC(=O)Nc3c2ncn3-c2cccnc2)ccc1OCC(C)C. The Balaban J connectivity index is 1.70. The minimum atomic E-state index is -0.162. The number of aromatic nitrogens is 3. The van der Waals surface area contributed by atoms with Gasteiger partial charge in [-0.3, -0.25) is 14.3 Å². The number of pyridine rings is 1. The monoisotopic (exact) mass is 392 g/mol. The van der Waals surface area contributed by atoms with Gasteiger partial charge in [-0.1, -0.05) is 19.9 Å². The van der Waals surface area contributed by atoms with E-state index in [0.717, 1.165) is 16.9 Å². The first-order valence-electron chi connectivity index (χ1n) is 9.65. The van der Waals surface area contributed by atoms with Crippen molar-refractivity contribution in [2.75, 3.05) is 19.0 Å². The average molecular weight is 392 g/mol. The normalized spacial score (nSPS) is 15.7. The molecule has 1 aliphatic rings. The summed E-state index contributed by atoms with van der Waals surface area (Å²) in [6.07, 6.45) is 5.50. The molecule has 150 valence electrons. The van der Waals surface area contributed by atoms with E-state index in [1.54, 1.807) is 25.8 Å². The molecule has 3 aromatic rings. The number of carbonyl (C=O) groups excluding carboxylic acids is 1. The lowest BCUT2D eigenvalue weighted by molar-refractivity contribution is -0.116. The minimum absolute atomic E-state index is 0.0489. The van der Waals surface area contributed by atoms with Gasteiger partial charge in [0.2, 0.25) is 5.91 Å². The van der Waals surface area contributed by atoms with Crippen molar-refractivity contribution in [3.05, 3.63) is 60.3 Å². The molecule has 1 amide bonds. The molecule has 0 bridgehead atoms. The lowest BCUT2D eigenvalue weighted by Gasteiger charge is -2.24. The lowest BCUT2D eigenvalue weighted by Crippen LogP contribution is -2.25. The van der Waals surface area contributed by atoms with E-state index in [4.69, 9.17) is 9.47 Å². The van der Waals surface area contributed by atoms with Gasteiger partial charge in [0.25, 0.3) is 0 Å². The van der Waals surface area contributed by atoms with Gasteiger partial charge in [0.05, 0.1) is 31.3 Å². The molecule has 29 heavy (non-hydrogen) atoms. The molecular weight excluding hydrogens is 368 g/mol. The Morgan fingerprint density at radius 3 is 2.86 bits per heavy atom. The summed E-state index contributed by atoms with van der Waals surface area (Å²) in [6, 6.07) is 9.60. The van der Waals surface area contributed by atoms with Gasteiger partial charge in [0, 0.05) is 18.5 Å². The van der Waals surface area contributed by atoms with Crippen LogP contribution in [0, 0.1) is 5.92 Å². The van der Waals surface area contributed by atoms with E-state index < -0.39 is 0 Å². The summed E-state index contributed by atoms with van der Waals surface area (Å²) < 4.78 is 13.2. The minimum Gasteiger partial charge on any atom is -0.493 e. The number of carbonyl (C=O) groups is 1. The molecule has 0 spiro atoms. The van der Waals surface area contributed by atoms with E-state index in [1.165, 1.54) is 0 Å². The average Bonchev–Trinajstić information content (AvgIpc) is 3.15. The third-order valence-corrected chi connectivity index (χ3v) is 4.86. The van der Waals surface area contributed by atoms with Crippen molar-refractivity contribution in [3.8, 4) is 17.2 Å². The maximum Gasteiger partial charge on any atom is 0.226 e. The molecule has 0 saturated heterocycles. The van der Waals surface area contributed by atoms with Crippen LogP contribution in [-0.4, -0.2) is 34.2 Å². The van der Waals surface area contributed by atoms with Crippen LogP contribution in [0.15, 0.2) is 49.1 Å². The van der Waals surface area contributed by atoms with Crippen LogP contribution in [0.4, 0.5) is 5.82 Å². The Hall–Kier alpha value is -3.35. The van der Waals surface area contributed by atoms with Crippen LogP contribution in [-0.2, 0) is 4.79 Å². The van der Waals surface area contributed by atoms with Crippen LogP contribution < -0.4 is 14.8 Å². The molecule has 2 aromatic heterocycles. The van der Waals surface area contributed by atoms with E-state index in [2.05, 4.69) is 29.1 Å². The summed E-state index contributed by atoms with van der Waals surface area (Å²) in [5.41, 5.74) is 2.63. The van der Waals surface area contributed by atoms with E-state index >= 15 is 0 Å². The molecule has 3 heterocycles. The number of ether oxygens (including phenoxy) is 2. The smallest absolute Gasteiger partial charge is 0.226 e. The van der Waals surface area contributed by atoms with Crippen molar-refractivity contribution in [3.63, 3.8) is 0 Å². The Morgan fingerprint density at radius 2 is 2.14 bits per heavy atom. The predicted octanol–water partition coefficient (Wildman–Crippen LogP) is 3.78. The number of hydrogen-bond donors (Lipinski definition) is 1. The van der Waals surface area contributed by atoms with Crippen LogP contribution in [0.5, 0.6) is 11.5 Å². The molecule has 7 nitrogen and oxygen atoms in total. The van der Waals surface area contributed by atoms with E-state index in [-0.39, 0.29) is 11.8 Å². The van der Waals surface area contributed by atoms with Gasteiger partial charge in [-0.25, -0.2) is 4.98 Å². The molecule has 1 atom stereocenters.